The molecular formula is C44H70O12. The maximum absolute atomic E-state index is 13.7. The maximum atomic E-state index is 13.7. The van der Waals surface area contributed by atoms with Gasteiger partial charge in [-0.15, -0.1) is 0 Å². The predicted octanol–water partition coefficient (Wildman–Crippen LogP) is 7.68. The molecule has 2 aliphatic rings. The Hall–Kier alpha value is -3.43. The molecule has 12 heteroatoms. The van der Waals surface area contributed by atoms with E-state index in [2.05, 4.69) is 11.8 Å². The van der Waals surface area contributed by atoms with Crippen molar-refractivity contribution in [3.63, 3.8) is 0 Å². The summed E-state index contributed by atoms with van der Waals surface area (Å²) in [5.74, 6) is 3.55. The van der Waals surface area contributed by atoms with Crippen molar-refractivity contribution in [2.75, 3.05) is 6.61 Å². The molecule has 1 aliphatic carbocycles. The second kappa shape index (κ2) is 17.6. The van der Waals surface area contributed by atoms with Gasteiger partial charge in [0, 0.05) is 11.0 Å². The molecule has 2 rings (SSSR count). The normalized spacial score (nSPS) is 25.2. The number of rotatable bonds is 8. The van der Waals surface area contributed by atoms with E-state index in [4.69, 9.17) is 33.2 Å². The highest BCUT2D eigenvalue weighted by atomic mass is 16.7. The molecule has 0 aromatic heterocycles. The first kappa shape index (κ1) is 48.7. The summed E-state index contributed by atoms with van der Waals surface area (Å²) in [6.45, 7) is 32.9. The van der Waals surface area contributed by atoms with E-state index in [0.717, 1.165) is 11.1 Å². The van der Waals surface area contributed by atoms with Crippen molar-refractivity contribution in [1.82, 2.24) is 0 Å². The number of hydrogen-bond acceptors (Lipinski definition) is 12. The summed E-state index contributed by atoms with van der Waals surface area (Å²) in [6.07, 6.45) is -6.96. The van der Waals surface area contributed by atoms with Crippen LogP contribution < -0.4 is 0 Å². The first-order valence-electron chi connectivity index (χ1n) is 19.6. The summed E-state index contributed by atoms with van der Waals surface area (Å²) in [6, 6.07) is 0. The number of hydrogen-bond donors (Lipinski definition) is 0. The smallest absolute Gasteiger partial charge is 0.312 e. The zero-order valence-electron chi connectivity index (χ0n) is 37.6. The zero-order chi connectivity index (χ0) is 43.6. The standard InChI is InChI=1S/C44H70O12/c1-25-22-27(23-44(18,19)28(25)21-20-26(2)51-35(46)40(6,7)8)52-33-32(56-38(49)43(15,16)17)31(55-37(48)42(12,13)14)30(54-36(47)41(9,10)11)29(53-33)24-50-34(45)39(3,4)5/h26-27,29-33H,22-24H2,1-19H3/t26-,27-,29-,30-,31+,32-,33-/m1/s1. The fourth-order valence-corrected chi connectivity index (χ4v) is 5.67. The lowest BCUT2D eigenvalue weighted by molar-refractivity contribution is -0.321. The van der Waals surface area contributed by atoms with E-state index in [0.29, 0.717) is 12.8 Å². The van der Waals surface area contributed by atoms with Gasteiger partial charge in [-0.1, -0.05) is 31.3 Å². The van der Waals surface area contributed by atoms with E-state index in [1.165, 1.54) is 0 Å². The number of esters is 5. The van der Waals surface area contributed by atoms with Gasteiger partial charge in [-0.25, -0.2) is 0 Å². The zero-order valence-corrected chi connectivity index (χ0v) is 37.6. The quantitative estimate of drug-likeness (QED) is 0.135. The van der Waals surface area contributed by atoms with E-state index < -0.39 is 99.3 Å². The fourth-order valence-electron chi connectivity index (χ4n) is 5.67. The SMILES string of the molecule is CC1=C(C#C[C@@H](C)OC(=O)C(C)(C)C)C(C)(C)C[C@H](O[C@@H]2O[C@H](COC(=O)C(C)(C)C)[C@@H](OC(=O)C(C)(C)C)[C@H](OC(=O)C(C)(C)C)[C@H]2OC(=O)C(C)(C)C)C1. The van der Waals surface area contributed by atoms with Crippen molar-refractivity contribution < 1.29 is 57.1 Å². The minimum atomic E-state index is -1.41. The van der Waals surface area contributed by atoms with Gasteiger partial charge in [0.1, 0.15) is 12.7 Å². The molecule has 0 spiro atoms. The number of allylic oxidation sites excluding steroid dienone is 1. The second-order valence-electron chi connectivity index (χ2n) is 21.0. The van der Waals surface area contributed by atoms with Crippen LogP contribution in [0.25, 0.3) is 0 Å². The monoisotopic (exact) mass is 790 g/mol. The second-order valence-corrected chi connectivity index (χ2v) is 21.0. The molecule has 0 aromatic rings. The minimum absolute atomic E-state index is 0.344. The van der Waals surface area contributed by atoms with Gasteiger partial charge in [0.2, 0.25) is 0 Å². The average Bonchev–Trinajstić information content (AvgIpc) is 2.99. The first-order chi connectivity index (χ1) is 25.1. The molecule has 56 heavy (non-hydrogen) atoms. The summed E-state index contributed by atoms with van der Waals surface area (Å²) in [5, 5.41) is 0. The van der Waals surface area contributed by atoms with Gasteiger partial charge in [0.25, 0.3) is 0 Å². The van der Waals surface area contributed by atoms with Gasteiger partial charge in [-0.2, -0.15) is 0 Å². The molecule has 0 radical (unpaired) electrons. The molecule has 0 saturated carbocycles. The molecule has 0 aromatic carbocycles. The predicted molar refractivity (Wildman–Crippen MR) is 210 cm³/mol. The van der Waals surface area contributed by atoms with Crippen molar-refractivity contribution >= 4 is 29.8 Å². The van der Waals surface area contributed by atoms with Crippen LogP contribution in [0.1, 0.15) is 144 Å². The van der Waals surface area contributed by atoms with Crippen LogP contribution in [0, 0.1) is 44.3 Å². The third kappa shape index (κ3) is 13.6. The molecule has 1 fully saturated rings. The van der Waals surface area contributed by atoms with E-state index in [1.54, 1.807) is 111 Å². The number of ether oxygens (including phenoxy) is 7. The summed E-state index contributed by atoms with van der Waals surface area (Å²) < 4.78 is 42.9. The van der Waals surface area contributed by atoms with Crippen LogP contribution in [0.15, 0.2) is 11.1 Å². The molecule has 0 unspecified atom stereocenters. The van der Waals surface area contributed by atoms with E-state index in [1.807, 2.05) is 20.8 Å². The molecule has 1 heterocycles. The molecular weight excluding hydrogens is 720 g/mol. The third-order valence-electron chi connectivity index (χ3n) is 9.15. The lowest BCUT2D eigenvalue weighted by atomic mass is 9.71. The van der Waals surface area contributed by atoms with Gasteiger partial charge >= 0.3 is 29.8 Å². The molecule has 1 saturated heterocycles. The average molecular weight is 791 g/mol. The highest BCUT2D eigenvalue weighted by Crippen LogP contribution is 2.43. The minimum Gasteiger partial charge on any atom is -0.462 e. The highest BCUT2D eigenvalue weighted by molar-refractivity contribution is 5.78. The first-order valence-corrected chi connectivity index (χ1v) is 19.6. The van der Waals surface area contributed by atoms with Gasteiger partial charge in [-0.05, 0) is 131 Å². The van der Waals surface area contributed by atoms with Crippen LogP contribution in [-0.4, -0.2) is 79.4 Å². The summed E-state index contributed by atoms with van der Waals surface area (Å²) in [5.41, 5.74) is -3.19. The van der Waals surface area contributed by atoms with Crippen molar-refractivity contribution in [1.29, 1.82) is 0 Å². The molecule has 0 bridgehead atoms. The molecule has 12 nitrogen and oxygen atoms in total. The van der Waals surface area contributed by atoms with E-state index >= 15 is 0 Å². The van der Waals surface area contributed by atoms with Gasteiger partial charge in [0.15, 0.2) is 30.7 Å². The number of carbonyl (C=O) groups is 5. The largest absolute Gasteiger partial charge is 0.462 e. The van der Waals surface area contributed by atoms with Crippen LogP contribution in [0.2, 0.25) is 0 Å². The van der Waals surface area contributed by atoms with Crippen LogP contribution in [-0.2, 0) is 57.1 Å². The van der Waals surface area contributed by atoms with Crippen molar-refractivity contribution in [3.8, 4) is 11.8 Å². The van der Waals surface area contributed by atoms with E-state index in [9.17, 15) is 24.0 Å². The maximum Gasteiger partial charge on any atom is 0.312 e. The Morgan fingerprint density at radius 3 is 1.54 bits per heavy atom. The van der Waals surface area contributed by atoms with Gasteiger partial charge in [0.05, 0.1) is 33.2 Å². The Labute approximate surface area is 335 Å². The Morgan fingerprint density at radius 2 is 1.11 bits per heavy atom. The lowest BCUT2D eigenvalue weighted by Gasteiger charge is -2.47. The van der Waals surface area contributed by atoms with Crippen LogP contribution in [0.3, 0.4) is 0 Å². The summed E-state index contributed by atoms with van der Waals surface area (Å²) >= 11 is 0. The Balaban J connectivity index is 2.70. The van der Waals surface area contributed by atoms with Crippen LogP contribution in [0.5, 0.6) is 0 Å². The summed E-state index contributed by atoms with van der Waals surface area (Å²) in [7, 11) is 0. The van der Waals surface area contributed by atoms with Crippen molar-refractivity contribution in [2.24, 2.45) is 32.5 Å². The molecule has 318 valence electrons. The van der Waals surface area contributed by atoms with Crippen LogP contribution in [0.4, 0.5) is 0 Å². The summed E-state index contributed by atoms with van der Waals surface area (Å²) in [4.78, 5) is 66.3. The van der Waals surface area contributed by atoms with Gasteiger partial charge in [-0.3, -0.25) is 24.0 Å². The van der Waals surface area contributed by atoms with Crippen molar-refractivity contribution in [3.05, 3.63) is 11.1 Å². The highest BCUT2D eigenvalue weighted by Gasteiger charge is 2.56. The van der Waals surface area contributed by atoms with E-state index in [-0.39, 0.29) is 12.6 Å². The topological polar surface area (TPSA) is 150 Å². The molecule has 1 aliphatic heterocycles. The number of carbonyl (C=O) groups excluding carboxylic acids is 5. The molecule has 0 amide bonds. The lowest BCUT2D eigenvalue weighted by Crippen LogP contribution is -2.64. The Bertz CT molecular complexity index is 1560. The van der Waals surface area contributed by atoms with Crippen molar-refractivity contribution in [2.45, 2.75) is 187 Å². The van der Waals surface area contributed by atoms with Gasteiger partial charge < -0.3 is 33.2 Å². The fraction of sp³-hybridized carbons (Fsp3) is 0.795. The molecule has 7 atom stereocenters. The third-order valence-corrected chi connectivity index (χ3v) is 9.15. The molecule has 0 N–H and O–H groups in total. The van der Waals surface area contributed by atoms with Crippen LogP contribution >= 0.6 is 0 Å². The Kier molecular flexibility index (Phi) is 15.3. The Morgan fingerprint density at radius 1 is 0.679 bits per heavy atom.